The van der Waals surface area contributed by atoms with Crippen LogP contribution >= 0.6 is 23.2 Å². The van der Waals surface area contributed by atoms with Crippen molar-refractivity contribution in [1.29, 1.82) is 0 Å². The van der Waals surface area contributed by atoms with E-state index in [2.05, 4.69) is 12.0 Å². The van der Waals surface area contributed by atoms with E-state index >= 15 is 0 Å². The zero-order valence-corrected chi connectivity index (χ0v) is 10.8. The molecule has 88 valence electrons. The van der Waals surface area contributed by atoms with Crippen molar-refractivity contribution in [2.24, 2.45) is 5.84 Å². The van der Waals surface area contributed by atoms with Gasteiger partial charge in [0.1, 0.15) is 0 Å². The Kier molecular flexibility index (Phi) is 5.29. The van der Waals surface area contributed by atoms with Crippen LogP contribution in [0.5, 0.6) is 0 Å². The number of rotatable bonds is 5. The van der Waals surface area contributed by atoms with Crippen LogP contribution in [0.3, 0.4) is 0 Å². The third-order valence-corrected chi connectivity index (χ3v) is 3.15. The molecule has 16 heavy (non-hydrogen) atoms. The van der Waals surface area contributed by atoms with E-state index in [-0.39, 0.29) is 6.04 Å². The van der Waals surface area contributed by atoms with Gasteiger partial charge in [0.2, 0.25) is 0 Å². The van der Waals surface area contributed by atoms with Crippen molar-refractivity contribution in [1.82, 2.24) is 5.43 Å². The van der Waals surface area contributed by atoms with Gasteiger partial charge in [0.05, 0.1) is 10.0 Å². The first-order valence-electron chi connectivity index (χ1n) is 5.10. The van der Waals surface area contributed by atoms with Crippen molar-refractivity contribution >= 4 is 23.2 Å². The van der Waals surface area contributed by atoms with Gasteiger partial charge in [-0.15, -0.1) is 6.58 Å². The zero-order chi connectivity index (χ0) is 12.1. The minimum absolute atomic E-state index is 0.0754. The van der Waals surface area contributed by atoms with E-state index in [0.717, 1.165) is 24.0 Å². The molecule has 1 rings (SSSR count). The lowest BCUT2D eigenvalue weighted by molar-refractivity contribution is 0.516. The lowest BCUT2D eigenvalue weighted by Gasteiger charge is -2.16. The van der Waals surface area contributed by atoms with E-state index in [0.29, 0.717) is 10.0 Å². The Hall–Kier alpha value is -0.540. The van der Waals surface area contributed by atoms with Crippen molar-refractivity contribution in [2.45, 2.75) is 25.8 Å². The zero-order valence-electron chi connectivity index (χ0n) is 9.26. The lowest BCUT2D eigenvalue weighted by atomic mass is 10.0. The predicted molar refractivity (Wildman–Crippen MR) is 70.6 cm³/mol. The number of hydrogen-bond donors (Lipinski definition) is 2. The fourth-order valence-electron chi connectivity index (χ4n) is 1.47. The third kappa shape index (κ3) is 3.80. The molecule has 0 heterocycles. The molecule has 0 aliphatic carbocycles. The molecule has 1 unspecified atom stereocenters. The predicted octanol–water partition coefficient (Wildman–Crippen LogP) is 3.85. The van der Waals surface area contributed by atoms with Gasteiger partial charge < -0.3 is 0 Å². The van der Waals surface area contributed by atoms with Gasteiger partial charge in [-0.05, 0) is 37.5 Å². The first-order chi connectivity index (χ1) is 7.54. The van der Waals surface area contributed by atoms with E-state index in [1.54, 1.807) is 6.07 Å². The number of allylic oxidation sites excluding steroid dienone is 1. The summed E-state index contributed by atoms with van der Waals surface area (Å²) in [5.41, 5.74) is 4.96. The molecule has 3 N–H and O–H groups in total. The van der Waals surface area contributed by atoms with E-state index in [4.69, 9.17) is 29.0 Å². The first kappa shape index (κ1) is 13.5. The summed E-state index contributed by atoms with van der Waals surface area (Å²) >= 11 is 11.8. The van der Waals surface area contributed by atoms with Gasteiger partial charge >= 0.3 is 0 Å². The Bertz CT molecular complexity index is 377. The summed E-state index contributed by atoms with van der Waals surface area (Å²) in [5.74, 6) is 5.52. The van der Waals surface area contributed by atoms with E-state index in [9.17, 15) is 0 Å². The topological polar surface area (TPSA) is 38.0 Å². The maximum atomic E-state index is 5.96. The molecule has 0 aromatic heterocycles. The second-order valence-corrected chi connectivity index (χ2v) is 4.70. The molecule has 1 aromatic rings. The summed E-state index contributed by atoms with van der Waals surface area (Å²) in [7, 11) is 0. The molecule has 1 aromatic carbocycles. The quantitative estimate of drug-likeness (QED) is 0.478. The number of halogens is 2. The Morgan fingerprint density at radius 2 is 2.12 bits per heavy atom. The summed E-state index contributed by atoms with van der Waals surface area (Å²) in [6.07, 6.45) is 1.82. The highest BCUT2D eigenvalue weighted by Crippen LogP contribution is 2.27. The van der Waals surface area contributed by atoms with Gasteiger partial charge in [0, 0.05) is 6.04 Å². The van der Waals surface area contributed by atoms with Crippen LogP contribution in [0.4, 0.5) is 0 Å². The minimum atomic E-state index is 0.0754. The van der Waals surface area contributed by atoms with Gasteiger partial charge in [-0.2, -0.15) is 0 Å². The number of hydrazine groups is 1. The molecule has 0 aliphatic rings. The molecular formula is C12H16Cl2N2. The Morgan fingerprint density at radius 3 is 2.62 bits per heavy atom. The monoisotopic (exact) mass is 258 g/mol. The minimum Gasteiger partial charge on any atom is -0.271 e. The highest BCUT2D eigenvalue weighted by Gasteiger charge is 2.10. The molecular weight excluding hydrogens is 243 g/mol. The average molecular weight is 259 g/mol. The average Bonchev–Trinajstić information content (AvgIpc) is 2.23. The van der Waals surface area contributed by atoms with Crippen LogP contribution in [-0.2, 0) is 0 Å². The smallest absolute Gasteiger partial charge is 0.0595 e. The Morgan fingerprint density at radius 1 is 1.44 bits per heavy atom. The molecule has 4 heteroatoms. The molecule has 0 saturated heterocycles. The highest BCUT2D eigenvalue weighted by atomic mass is 35.5. The fourth-order valence-corrected chi connectivity index (χ4v) is 1.77. The fraction of sp³-hybridized carbons (Fsp3) is 0.333. The summed E-state index contributed by atoms with van der Waals surface area (Å²) in [4.78, 5) is 0. The summed E-state index contributed by atoms with van der Waals surface area (Å²) in [6.45, 7) is 5.87. The highest BCUT2D eigenvalue weighted by molar-refractivity contribution is 6.42. The SMILES string of the molecule is C=C(C)CCC(NN)c1ccc(Cl)c(Cl)c1. The van der Waals surface area contributed by atoms with Crippen molar-refractivity contribution in [3.8, 4) is 0 Å². The second kappa shape index (κ2) is 6.26. The molecule has 0 amide bonds. The molecule has 0 aliphatic heterocycles. The molecule has 1 atom stereocenters. The lowest BCUT2D eigenvalue weighted by Crippen LogP contribution is -2.28. The second-order valence-electron chi connectivity index (χ2n) is 3.89. The van der Waals surface area contributed by atoms with Crippen LogP contribution in [0.2, 0.25) is 10.0 Å². The molecule has 0 radical (unpaired) electrons. The molecule has 0 bridgehead atoms. The van der Waals surface area contributed by atoms with Crippen LogP contribution in [0.25, 0.3) is 0 Å². The van der Waals surface area contributed by atoms with E-state index in [1.165, 1.54) is 0 Å². The molecule has 0 spiro atoms. The number of nitrogens with one attached hydrogen (secondary N) is 1. The molecule has 2 nitrogen and oxygen atoms in total. The van der Waals surface area contributed by atoms with Gasteiger partial charge in [-0.25, -0.2) is 0 Å². The van der Waals surface area contributed by atoms with E-state index < -0.39 is 0 Å². The number of hydrogen-bond acceptors (Lipinski definition) is 2. The summed E-state index contributed by atoms with van der Waals surface area (Å²) in [6, 6.07) is 5.63. The van der Waals surface area contributed by atoms with Crippen molar-refractivity contribution in [3.05, 3.63) is 46.0 Å². The van der Waals surface area contributed by atoms with Gasteiger partial charge in [-0.1, -0.05) is 34.8 Å². The van der Waals surface area contributed by atoms with Crippen LogP contribution in [0.1, 0.15) is 31.4 Å². The maximum Gasteiger partial charge on any atom is 0.0595 e. The summed E-state index contributed by atoms with van der Waals surface area (Å²) in [5, 5.41) is 1.11. The standard InChI is InChI=1S/C12H16Cl2N2/c1-8(2)3-6-12(16-15)9-4-5-10(13)11(14)7-9/h4-5,7,12,16H,1,3,6,15H2,2H3. The Labute approximate surface area is 106 Å². The number of nitrogens with two attached hydrogens (primary N) is 1. The van der Waals surface area contributed by atoms with Crippen LogP contribution < -0.4 is 11.3 Å². The normalized spacial score (nSPS) is 12.5. The Balaban J connectivity index is 2.78. The van der Waals surface area contributed by atoms with Crippen LogP contribution in [0, 0.1) is 0 Å². The van der Waals surface area contributed by atoms with Gasteiger partial charge in [0.15, 0.2) is 0 Å². The summed E-state index contributed by atoms with van der Waals surface area (Å²) < 4.78 is 0. The van der Waals surface area contributed by atoms with E-state index in [1.807, 2.05) is 19.1 Å². The van der Waals surface area contributed by atoms with Crippen molar-refractivity contribution < 1.29 is 0 Å². The first-order valence-corrected chi connectivity index (χ1v) is 5.85. The van der Waals surface area contributed by atoms with Gasteiger partial charge in [0.25, 0.3) is 0 Å². The maximum absolute atomic E-state index is 5.96. The van der Waals surface area contributed by atoms with Crippen LogP contribution in [0.15, 0.2) is 30.4 Å². The van der Waals surface area contributed by atoms with Crippen molar-refractivity contribution in [2.75, 3.05) is 0 Å². The molecule has 0 fully saturated rings. The van der Waals surface area contributed by atoms with Gasteiger partial charge in [-0.3, -0.25) is 11.3 Å². The largest absolute Gasteiger partial charge is 0.271 e. The van der Waals surface area contributed by atoms with Crippen LogP contribution in [-0.4, -0.2) is 0 Å². The van der Waals surface area contributed by atoms with Crippen molar-refractivity contribution in [3.63, 3.8) is 0 Å². The molecule has 0 saturated carbocycles. The third-order valence-electron chi connectivity index (χ3n) is 2.41. The number of benzene rings is 1.